The Morgan fingerprint density at radius 1 is 1.26 bits per heavy atom. The first-order valence-electron chi connectivity index (χ1n) is 11.1. The van der Waals surface area contributed by atoms with E-state index in [4.69, 9.17) is 10.7 Å². The van der Waals surface area contributed by atoms with Crippen molar-refractivity contribution in [3.8, 4) is 6.07 Å². The van der Waals surface area contributed by atoms with Gasteiger partial charge in [-0.15, -0.1) is 11.8 Å². The van der Waals surface area contributed by atoms with Gasteiger partial charge in [-0.3, -0.25) is 0 Å². The van der Waals surface area contributed by atoms with Crippen LogP contribution in [-0.2, 0) is 4.79 Å². The molecule has 1 aliphatic heterocycles. The maximum atomic E-state index is 13.9. The average molecular weight is 491 g/mol. The molecule has 3 rings (SSSR count). The molecule has 0 spiro atoms. The van der Waals surface area contributed by atoms with E-state index in [1.54, 1.807) is 30.8 Å². The molecule has 0 radical (unpaired) electrons. The normalized spacial score (nSPS) is 15.0. The van der Waals surface area contributed by atoms with Gasteiger partial charge in [0.2, 0.25) is 0 Å². The van der Waals surface area contributed by atoms with Crippen LogP contribution in [0.1, 0.15) is 55.9 Å². The Bertz CT molecular complexity index is 1330. The summed E-state index contributed by atoms with van der Waals surface area (Å²) >= 11 is 1.70. The van der Waals surface area contributed by atoms with E-state index in [-0.39, 0.29) is 17.0 Å². The molecule has 0 fully saturated rings. The van der Waals surface area contributed by atoms with Gasteiger partial charge in [0.1, 0.15) is 11.7 Å². The first-order chi connectivity index (χ1) is 16.6. The summed E-state index contributed by atoms with van der Waals surface area (Å²) in [4.78, 5) is 22.5. The number of aliphatic carboxylic acids is 1. The summed E-state index contributed by atoms with van der Waals surface area (Å²) in [5.74, 6) is -1.43. The summed E-state index contributed by atoms with van der Waals surface area (Å²) in [5, 5.41) is 19.6. The molecule has 180 valence electrons. The third-order valence-electron chi connectivity index (χ3n) is 5.27. The highest BCUT2D eigenvalue weighted by atomic mass is 32.2. The Kier molecular flexibility index (Phi) is 8.26. The van der Waals surface area contributed by atoms with E-state index < -0.39 is 11.8 Å². The van der Waals surface area contributed by atoms with Crippen LogP contribution in [0.15, 0.2) is 63.1 Å². The highest BCUT2D eigenvalue weighted by Crippen LogP contribution is 2.38. The summed E-state index contributed by atoms with van der Waals surface area (Å²) in [5.41, 5.74) is 9.41. The minimum Gasteiger partial charge on any atom is -0.476 e. The van der Waals surface area contributed by atoms with Crippen LogP contribution in [0.3, 0.4) is 0 Å². The van der Waals surface area contributed by atoms with Crippen molar-refractivity contribution < 1.29 is 14.3 Å². The van der Waals surface area contributed by atoms with Crippen molar-refractivity contribution in [2.75, 3.05) is 0 Å². The molecule has 0 atom stereocenters. The summed E-state index contributed by atoms with van der Waals surface area (Å²) in [7, 11) is 0. The van der Waals surface area contributed by atoms with Crippen LogP contribution in [-0.4, -0.2) is 27.9 Å². The lowest BCUT2D eigenvalue weighted by Crippen LogP contribution is -2.21. The van der Waals surface area contributed by atoms with Crippen LogP contribution >= 0.6 is 11.8 Å². The van der Waals surface area contributed by atoms with Crippen molar-refractivity contribution in [3.63, 3.8) is 0 Å². The monoisotopic (exact) mass is 490 g/mol. The minimum atomic E-state index is -1.28. The molecule has 0 aliphatic carbocycles. The van der Waals surface area contributed by atoms with Gasteiger partial charge in [-0.2, -0.15) is 5.26 Å². The van der Waals surface area contributed by atoms with E-state index >= 15 is 0 Å². The zero-order chi connectivity index (χ0) is 25.7. The maximum Gasteiger partial charge on any atom is 0.355 e. The molecular formula is C27H27FN4O2S. The van der Waals surface area contributed by atoms with Gasteiger partial charge < -0.3 is 10.8 Å². The fourth-order valence-corrected chi connectivity index (χ4v) is 4.83. The lowest BCUT2D eigenvalue weighted by molar-refractivity contribution is -0.129. The summed E-state index contributed by atoms with van der Waals surface area (Å²) in [6, 6.07) is 13.3. The first kappa shape index (κ1) is 25.9. The molecule has 0 amide bonds. The number of amidine groups is 1. The topological polar surface area (TPSA) is 112 Å². The lowest BCUT2D eigenvalue weighted by atomic mass is 9.98. The Morgan fingerprint density at radius 3 is 2.57 bits per heavy atom. The Balaban J connectivity index is 2.16. The van der Waals surface area contributed by atoms with E-state index in [1.165, 1.54) is 18.2 Å². The number of allylic oxidation sites excluding steroid dienone is 2. The minimum absolute atomic E-state index is 0.154. The highest BCUT2D eigenvalue weighted by Gasteiger charge is 2.24. The van der Waals surface area contributed by atoms with Crippen LogP contribution in [0, 0.1) is 24.1 Å². The first-order valence-corrected chi connectivity index (χ1v) is 12.0. The SMILES string of the molecule is CC(N)=C(C(=NC1=NC(c2ccc(C#N)c(C)c2)=C(SC(C)C)CC1)C(=O)O)c1cccc(F)c1. The number of halogens is 1. The molecule has 0 aromatic heterocycles. The second-order valence-electron chi connectivity index (χ2n) is 8.44. The molecule has 1 heterocycles. The summed E-state index contributed by atoms with van der Waals surface area (Å²) in [6.45, 7) is 7.62. The number of carbonyl (C=O) groups is 1. The van der Waals surface area contributed by atoms with Gasteiger partial charge in [-0.1, -0.05) is 32.0 Å². The van der Waals surface area contributed by atoms with Crippen molar-refractivity contribution in [2.45, 2.75) is 45.8 Å². The molecule has 6 nitrogen and oxygen atoms in total. The van der Waals surface area contributed by atoms with Crippen molar-refractivity contribution in [1.29, 1.82) is 5.26 Å². The smallest absolute Gasteiger partial charge is 0.355 e. The van der Waals surface area contributed by atoms with Gasteiger partial charge in [0.15, 0.2) is 5.71 Å². The number of benzene rings is 2. The number of hydrogen-bond donors (Lipinski definition) is 2. The largest absolute Gasteiger partial charge is 0.476 e. The zero-order valence-electron chi connectivity index (χ0n) is 20.1. The molecule has 0 saturated carbocycles. The summed E-state index contributed by atoms with van der Waals surface area (Å²) in [6.07, 6.45) is 1.09. The zero-order valence-corrected chi connectivity index (χ0v) is 20.9. The fourth-order valence-electron chi connectivity index (χ4n) is 3.77. The molecule has 0 unspecified atom stereocenters. The number of aliphatic imine (C=N–C) groups is 2. The number of hydrogen-bond acceptors (Lipinski definition) is 6. The van der Waals surface area contributed by atoms with Crippen LogP contribution in [0.25, 0.3) is 11.3 Å². The second-order valence-corrected chi connectivity index (χ2v) is 10.1. The molecule has 2 aromatic rings. The molecule has 2 aromatic carbocycles. The average Bonchev–Trinajstić information content (AvgIpc) is 2.79. The van der Waals surface area contributed by atoms with Crippen molar-refractivity contribution in [2.24, 2.45) is 15.7 Å². The third kappa shape index (κ3) is 6.25. The lowest BCUT2D eigenvalue weighted by Gasteiger charge is -2.20. The molecule has 35 heavy (non-hydrogen) atoms. The van der Waals surface area contributed by atoms with Crippen LogP contribution in [0.2, 0.25) is 0 Å². The number of nitrogens with two attached hydrogens (primary N) is 1. The molecule has 3 N–H and O–H groups in total. The number of thioether (sulfide) groups is 1. The predicted molar refractivity (Wildman–Crippen MR) is 140 cm³/mol. The van der Waals surface area contributed by atoms with Crippen LogP contribution in [0.5, 0.6) is 0 Å². The Morgan fingerprint density at radius 2 is 2.00 bits per heavy atom. The maximum absolute atomic E-state index is 13.9. The van der Waals surface area contributed by atoms with Gasteiger partial charge >= 0.3 is 5.97 Å². The van der Waals surface area contributed by atoms with Crippen LogP contribution in [0.4, 0.5) is 4.39 Å². The van der Waals surface area contributed by atoms with E-state index in [1.807, 2.05) is 19.1 Å². The van der Waals surface area contributed by atoms with Gasteiger partial charge in [0, 0.05) is 33.4 Å². The van der Waals surface area contributed by atoms with Gasteiger partial charge in [0.25, 0.3) is 0 Å². The quantitative estimate of drug-likeness (QED) is 0.488. The highest BCUT2D eigenvalue weighted by molar-refractivity contribution is 8.03. The number of nitriles is 1. The molecular weight excluding hydrogens is 463 g/mol. The van der Waals surface area contributed by atoms with E-state index in [0.29, 0.717) is 40.8 Å². The van der Waals surface area contributed by atoms with Crippen molar-refractivity contribution in [1.82, 2.24) is 0 Å². The molecule has 8 heteroatoms. The van der Waals surface area contributed by atoms with E-state index in [9.17, 15) is 19.6 Å². The predicted octanol–water partition coefficient (Wildman–Crippen LogP) is 5.92. The van der Waals surface area contributed by atoms with Crippen molar-refractivity contribution >= 4 is 40.5 Å². The number of carboxylic acids is 1. The molecule has 1 aliphatic rings. The summed E-state index contributed by atoms with van der Waals surface area (Å²) < 4.78 is 13.9. The number of carboxylic acid groups (broad SMARTS) is 1. The third-order valence-corrected chi connectivity index (χ3v) is 6.42. The number of rotatable bonds is 6. The number of aryl methyl sites for hydroxylation is 1. The van der Waals surface area contributed by atoms with Crippen molar-refractivity contribution in [3.05, 3.63) is 81.1 Å². The standard InChI is InChI=1S/C27H27FN4O2S/c1-15(2)35-22-10-11-23(31-25(22)19-8-9-20(14-29)16(3)12-19)32-26(27(33)34)24(17(4)30)18-6-5-7-21(28)13-18/h5-9,12-13,15H,10-11,30H2,1-4H3,(H,33,34). The molecule has 0 saturated heterocycles. The Hall–Kier alpha value is -3.70. The van der Waals surface area contributed by atoms with Gasteiger partial charge in [-0.05, 0) is 55.7 Å². The second kappa shape index (κ2) is 11.2. The number of nitrogens with zero attached hydrogens (tertiary/aromatic N) is 3. The van der Waals surface area contributed by atoms with E-state index in [0.717, 1.165) is 16.0 Å². The fraction of sp³-hybridized carbons (Fsp3) is 0.259. The molecule has 0 bridgehead atoms. The van der Waals surface area contributed by atoms with Gasteiger partial charge in [-0.25, -0.2) is 19.2 Å². The van der Waals surface area contributed by atoms with Gasteiger partial charge in [0.05, 0.1) is 17.3 Å². The van der Waals surface area contributed by atoms with E-state index in [2.05, 4.69) is 24.9 Å². The Labute approximate surface area is 208 Å². The van der Waals surface area contributed by atoms with Crippen LogP contribution < -0.4 is 5.73 Å².